The van der Waals surface area contributed by atoms with Crippen molar-refractivity contribution in [2.24, 2.45) is 0 Å². The number of nitrogens with one attached hydrogen (secondary N) is 1. The normalized spacial score (nSPS) is 27.1. The highest BCUT2D eigenvalue weighted by Crippen LogP contribution is 2.48. The standard InChI is InChI=1S/C19H24FNO3/c20-15-6-4-14(5-7-15)18(10-11-18)17(22)21-12-16-13-23-19(24-16)8-2-1-3-9-19/h4-7,16H,1-3,8-13H2,(H,21,22)/t16-/m1/s1. The van der Waals surface area contributed by atoms with Crippen molar-refractivity contribution in [2.75, 3.05) is 13.2 Å². The van der Waals surface area contributed by atoms with Gasteiger partial charge in [0.15, 0.2) is 5.79 Å². The van der Waals surface area contributed by atoms with Crippen LogP contribution in [0.3, 0.4) is 0 Å². The molecule has 1 spiro atoms. The second-order valence-electron chi connectivity index (χ2n) is 7.32. The Morgan fingerprint density at radius 2 is 1.83 bits per heavy atom. The Balaban J connectivity index is 1.33. The van der Waals surface area contributed by atoms with Crippen LogP contribution in [0.25, 0.3) is 0 Å². The molecule has 1 aromatic rings. The van der Waals surface area contributed by atoms with E-state index in [1.54, 1.807) is 12.1 Å². The van der Waals surface area contributed by atoms with Gasteiger partial charge in [0.05, 0.1) is 12.0 Å². The van der Waals surface area contributed by atoms with Gasteiger partial charge in [-0.2, -0.15) is 0 Å². The summed E-state index contributed by atoms with van der Waals surface area (Å²) < 4.78 is 25.1. The predicted molar refractivity (Wildman–Crippen MR) is 87.0 cm³/mol. The second kappa shape index (κ2) is 6.12. The molecule has 1 heterocycles. The minimum atomic E-state index is -0.477. The van der Waals surface area contributed by atoms with Crippen LogP contribution in [0.15, 0.2) is 24.3 Å². The molecule has 0 unspecified atom stereocenters. The van der Waals surface area contributed by atoms with Gasteiger partial charge in [-0.25, -0.2) is 4.39 Å². The quantitative estimate of drug-likeness (QED) is 0.921. The van der Waals surface area contributed by atoms with Crippen molar-refractivity contribution in [2.45, 2.75) is 62.3 Å². The van der Waals surface area contributed by atoms with Crippen molar-refractivity contribution in [3.05, 3.63) is 35.6 Å². The van der Waals surface area contributed by atoms with E-state index in [0.29, 0.717) is 13.2 Å². The molecule has 0 radical (unpaired) electrons. The molecular formula is C19H24FNO3. The number of carbonyl (C=O) groups is 1. The number of hydrogen-bond acceptors (Lipinski definition) is 3. The molecule has 24 heavy (non-hydrogen) atoms. The van der Waals surface area contributed by atoms with E-state index in [1.807, 2.05) is 0 Å². The molecule has 2 aliphatic carbocycles. The fourth-order valence-corrected chi connectivity index (χ4v) is 3.99. The van der Waals surface area contributed by atoms with Gasteiger partial charge in [0.2, 0.25) is 5.91 Å². The van der Waals surface area contributed by atoms with E-state index in [-0.39, 0.29) is 17.8 Å². The number of amides is 1. The zero-order valence-corrected chi connectivity index (χ0v) is 13.9. The van der Waals surface area contributed by atoms with Crippen LogP contribution >= 0.6 is 0 Å². The third-order valence-electron chi connectivity index (χ3n) is 5.60. The summed E-state index contributed by atoms with van der Waals surface area (Å²) in [4.78, 5) is 12.6. The number of ether oxygens (including phenoxy) is 2. The van der Waals surface area contributed by atoms with E-state index in [9.17, 15) is 9.18 Å². The lowest BCUT2D eigenvalue weighted by molar-refractivity contribution is -0.186. The number of halogens is 1. The van der Waals surface area contributed by atoms with Gasteiger partial charge in [0.1, 0.15) is 11.9 Å². The van der Waals surface area contributed by atoms with Crippen molar-refractivity contribution in [3.63, 3.8) is 0 Å². The summed E-state index contributed by atoms with van der Waals surface area (Å²) in [6.07, 6.45) is 7.01. The van der Waals surface area contributed by atoms with Gasteiger partial charge in [-0.3, -0.25) is 4.79 Å². The monoisotopic (exact) mass is 333 g/mol. The van der Waals surface area contributed by atoms with Crippen LogP contribution in [0.1, 0.15) is 50.5 Å². The van der Waals surface area contributed by atoms with Gasteiger partial charge in [0.25, 0.3) is 0 Å². The fraction of sp³-hybridized carbons (Fsp3) is 0.632. The third-order valence-corrected chi connectivity index (χ3v) is 5.60. The molecule has 0 bridgehead atoms. The molecule has 0 aromatic heterocycles. The van der Waals surface area contributed by atoms with Crippen LogP contribution in [0.5, 0.6) is 0 Å². The third kappa shape index (κ3) is 2.95. The fourth-order valence-electron chi connectivity index (χ4n) is 3.99. The zero-order valence-electron chi connectivity index (χ0n) is 13.9. The first-order chi connectivity index (χ1) is 11.6. The minimum absolute atomic E-state index is 0.0160. The first kappa shape index (κ1) is 16.0. The van der Waals surface area contributed by atoms with Crippen LogP contribution in [-0.4, -0.2) is 30.9 Å². The molecule has 1 atom stereocenters. The van der Waals surface area contributed by atoms with E-state index >= 15 is 0 Å². The van der Waals surface area contributed by atoms with Gasteiger partial charge in [0, 0.05) is 19.4 Å². The largest absolute Gasteiger partial charge is 0.353 e. The topological polar surface area (TPSA) is 47.6 Å². The van der Waals surface area contributed by atoms with Crippen molar-refractivity contribution in [1.29, 1.82) is 0 Å². The zero-order chi connectivity index (χ0) is 16.6. The molecule has 4 rings (SSSR count). The maximum Gasteiger partial charge on any atom is 0.230 e. The highest BCUT2D eigenvalue weighted by atomic mass is 19.1. The summed E-state index contributed by atoms with van der Waals surface area (Å²) in [6, 6.07) is 6.27. The van der Waals surface area contributed by atoms with Gasteiger partial charge < -0.3 is 14.8 Å². The first-order valence-corrected chi connectivity index (χ1v) is 8.98. The van der Waals surface area contributed by atoms with E-state index in [0.717, 1.165) is 44.1 Å². The molecular weight excluding hydrogens is 309 g/mol. The first-order valence-electron chi connectivity index (χ1n) is 8.98. The SMILES string of the molecule is O=C(NC[C@@H]1COC2(CCCCC2)O1)C1(c2ccc(F)cc2)CC1. The molecule has 2 saturated carbocycles. The lowest BCUT2D eigenvalue weighted by atomic mass is 9.94. The summed E-state index contributed by atoms with van der Waals surface area (Å²) in [5, 5.41) is 3.02. The molecule has 4 nitrogen and oxygen atoms in total. The Morgan fingerprint density at radius 3 is 2.50 bits per heavy atom. The van der Waals surface area contributed by atoms with Crippen molar-refractivity contribution in [1.82, 2.24) is 5.32 Å². The Kier molecular flexibility index (Phi) is 4.09. The Hall–Kier alpha value is -1.46. The summed E-state index contributed by atoms with van der Waals surface area (Å²) >= 11 is 0. The van der Waals surface area contributed by atoms with Crippen molar-refractivity contribution < 1.29 is 18.7 Å². The molecule has 130 valence electrons. The highest BCUT2D eigenvalue weighted by Gasteiger charge is 2.51. The molecule has 1 aliphatic heterocycles. The number of hydrogen-bond donors (Lipinski definition) is 1. The molecule has 1 amide bonds. The number of rotatable bonds is 4. The van der Waals surface area contributed by atoms with E-state index < -0.39 is 11.2 Å². The van der Waals surface area contributed by atoms with E-state index in [2.05, 4.69) is 5.32 Å². The molecule has 1 aromatic carbocycles. The maximum absolute atomic E-state index is 13.1. The van der Waals surface area contributed by atoms with E-state index in [1.165, 1.54) is 18.6 Å². The van der Waals surface area contributed by atoms with E-state index in [4.69, 9.17) is 9.47 Å². The summed E-state index contributed by atoms with van der Waals surface area (Å²) in [5.74, 6) is -0.659. The lowest BCUT2D eigenvalue weighted by Crippen LogP contribution is -2.41. The average Bonchev–Trinajstić information content (AvgIpc) is 3.32. The van der Waals surface area contributed by atoms with Gasteiger partial charge >= 0.3 is 0 Å². The number of carbonyl (C=O) groups excluding carboxylic acids is 1. The Morgan fingerprint density at radius 1 is 1.12 bits per heavy atom. The number of benzene rings is 1. The smallest absolute Gasteiger partial charge is 0.230 e. The summed E-state index contributed by atoms with van der Waals surface area (Å²) in [7, 11) is 0. The molecule has 5 heteroatoms. The van der Waals surface area contributed by atoms with Crippen molar-refractivity contribution in [3.8, 4) is 0 Å². The van der Waals surface area contributed by atoms with Crippen LogP contribution in [-0.2, 0) is 19.7 Å². The Labute approximate surface area is 141 Å². The molecule has 3 fully saturated rings. The van der Waals surface area contributed by atoms with Crippen LogP contribution in [0.2, 0.25) is 0 Å². The maximum atomic E-state index is 13.1. The molecule has 1 saturated heterocycles. The highest BCUT2D eigenvalue weighted by molar-refractivity contribution is 5.91. The average molecular weight is 333 g/mol. The van der Waals surface area contributed by atoms with Crippen LogP contribution in [0, 0.1) is 5.82 Å². The van der Waals surface area contributed by atoms with Crippen LogP contribution < -0.4 is 5.32 Å². The molecule has 3 aliphatic rings. The second-order valence-corrected chi connectivity index (χ2v) is 7.32. The van der Waals surface area contributed by atoms with Gasteiger partial charge in [-0.1, -0.05) is 18.6 Å². The lowest BCUT2D eigenvalue weighted by Gasteiger charge is -2.31. The van der Waals surface area contributed by atoms with Gasteiger partial charge in [-0.05, 0) is 43.4 Å². The summed E-state index contributed by atoms with van der Waals surface area (Å²) in [6.45, 7) is 1.02. The van der Waals surface area contributed by atoms with Crippen molar-refractivity contribution >= 4 is 5.91 Å². The predicted octanol–water partition coefficient (Wildman–Crippen LogP) is 3.05. The molecule has 1 N–H and O–H groups in total. The summed E-state index contributed by atoms with van der Waals surface area (Å²) in [5.41, 5.74) is 0.420. The van der Waals surface area contributed by atoms with Crippen LogP contribution in [0.4, 0.5) is 4.39 Å². The van der Waals surface area contributed by atoms with Gasteiger partial charge in [-0.15, -0.1) is 0 Å². The minimum Gasteiger partial charge on any atom is -0.353 e. The Bertz CT molecular complexity index is 606.